The van der Waals surface area contributed by atoms with Gasteiger partial charge < -0.3 is 0 Å². The topological polar surface area (TPSA) is 25.8 Å². The third-order valence-corrected chi connectivity index (χ3v) is 3.12. The third-order valence-electron chi connectivity index (χ3n) is 2.30. The minimum absolute atomic E-state index is 0.749. The molecule has 0 atom stereocenters. The summed E-state index contributed by atoms with van der Waals surface area (Å²) in [6.45, 7) is 2.13. The summed E-state index contributed by atoms with van der Waals surface area (Å²) in [4.78, 5) is 8.78. The lowest BCUT2D eigenvalue weighted by Crippen LogP contribution is -1.94. The smallest absolute Gasteiger partial charge is 0.161 e. The van der Waals surface area contributed by atoms with Crippen LogP contribution in [0.3, 0.4) is 0 Å². The van der Waals surface area contributed by atoms with Crippen LogP contribution in [-0.4, -0.2) is 9.97 Å². The maximum atomic E-state index is 4.39. The van der Waals surface area contributed by atoms with Crippen molar-refractivity contribution in [1.29, 1.82) is 0 Å². The highest BCUT2D eigenvalue weighted by Gasteiger charge is 2.07. The van der Waals surface area contributed by atoms with Gasteiger partial charge in [-0.3, -0.25) is 0 Å². The molecule has 0 aliphatic carbocycles. The summed E-state index contributed by atoms with van der Waals surface area (Å²) in [6, 6.07) is 10.0. The number of halogens is 2. The predicted molar refractivity (Wildman–Crippen MR) is 72.2 cm³/mol. The number of benzene rings is 1. The first kappa shape index (κ1) is 11.7. The van der Waals surface area contributed by atoms with Crippen LogP contribution in [0.4, 0.5) is 0 Å². The molecule has 2 nitrogen and oxygen atoms in total. The lowest BCUT2D eigenvalue weighted by atomic mass is 10.1. The van der Waals surface area contributed by atoms with Crippen LogP contribution in [0.15, 0.2) is 39.5 Å². The largest absolute Gasteiger partial charge is 0.221 e. The molecule has 0 saturated heterocycles. The molecule has 4 heteroatoms. The van der Waals surface area contributed by atoms with Crippen LogP contribution in [0.25, 0.3) is 11.4 Å². The summed E-state index contributed by atoms with van der Waals surface area (Å²) in [5, 5.41) is 0. The Bertz CT molecular complexity index is 492. The van der Waals surface area contributed by atoms with Crippen molar-refractivity contribution in [3.05, 3.63) is 45.1 Å². The maximum Gasteiger partial charge on any atom is 0.161 e. The quantitative estimate of drug-likeness (QED) is 0.764. The van der Waals surface area contributed by atoms with Crippen molar-refractivity contribution in [2.24, 2.45) is 0 Å². The molecule has 0 bridgehead atoms. The SMILES string of the molecule is CCc1ccccc1-c1nc(Br)cc(Br)n1. The number of aromatic nitrogens is 2. The molecule has 16 heavy (non-hydrogen) atoms. The van der Waals surface area contributed by atoms with E-state index in [9.17, 15) is 0 Å². The highest BCUT2D eigenvalue weighted by molar-refractivity contribution is 9.11. The summed E-state index contributed by atoms with van der Waals surface area (Å²) < 4.78 is 1.57. The van der Waals surface area contributed by atoms with Crippen molar-refractivity contribution in [3.63, 3.8) is 0 Å². The normalized spacial score (nSPS) is 10.4. The second kappa shape index (κ2) is 5.06. The Labute approximate surface area is 111 Å². The molecule has 0 saturated carbocycles. The molecule has 2 aromatic rings. The van der Waals surface area contributed by atoms with Gasteiger partial charge in [-0.2, -0.15) is 0 Å². The van der Waals surface area contributed by atoms with Crippen LogP contribution in [0.2, 0.25) is 0 Å². The Morgan fingerprint density at radius 3 is 2.31 bits per heavy atom. The molecule has 0 unspecified atom stereocenters. The molecule has 0 aliphatic rings. The monoisotopic (exact) mass is 340 g/mol. The lowest BCUT2D eigenvalue weighted by molar-refractivity contribution is 1.09. The molecule has 2 rings (SSSR count). The van der Waals surface area contributed by atoms with E-state index in [0.29, 0.717) is 0 Å². The molecular weight excluding hydrogens is 332 g/mol. The molecule has 1 aromatic heterocycles. The van der Waals surface area contributed by atoms with Crippen molar-refractivity contribution < 1.29 is 0 Å². The molecule has 82 valence electrons. The molecule has 0 fully saturated rings. The average molecular weight is 342 g/mol. The molecule has 1 aromatic carbocycles. The fourth-order valence-electron chi connectivity index (χ4n) is 1.56. The summed E-state index contributed by atoms with van der Waals surface area (Å²) in [6.07, 6.45) is 0.976. The zero-order valence-electron chi connectivity index (χ0n) is 8.74. The van der Waals surface area contributed by atoms with Gasteiger partial charge in [0, 0.05) is 11.6 Å². The Morgan fingerprint density at radius 1 is 1.06 bits per heavy atom. The molecular formula is C12H10Br2N2. The van der Waals surface area contributed by atoms with Gasteiger partial charge in [-0.05, 0) is 43.8 Å². The minimum atomic E-state index is 0.749. The van der Waals surface area contributed by atoms with Gasteiger partial charge in [0.15, 0.2) is 5.82 Å². The number of rotatable bonds is 2. The van der Waals surface area contributed by atoms with Crippen LogP contribution >= 0.6 is 31.9 Å². The summed E-state index contributed by atoms with van der Waals surface area (Å²) in [5.74, 6) is 0.749. The first-order chi connectivity index (χ1) is 7.70. The van der Waals surface area contributed by atoms with Crippen LogP contribution in [-0.2, 0) is 6.42 Å². The van der Waals surface area contributed by atoms with Gasteiger partial charge in [0.2, 0.25) is 0 Å². The van der Waals surface area contributed by atoms with Gasteiger partial charge in [0.05, 0.1) is 0 Å². The highest BCUT2D eigenvalue weighted by Crippen LogP contribution is 2.24. The van der Waals surface area contributed by atoms with Gasteiger partial charge in [-0.25, -0.2) is 9.97 Å². The fraction of sp³-hybridized carbons (Fsp3) is 0.167. The lowest BCUT2D eigenvalue weighted by Gasteiger charge is -2.06. The Kier molecular flexibility index (Phi) is 3.71. The molecule has 1 heterocycles. The molecule has 0 radical (unpaired) electrons. The van der Waals surface area contributed by atoms with E-state index >= 15 is 0 Å². The van der Waals surface area contributed by atoms with Crippen LogP contribution in [0.1, 0.15) is 12.5 Å². The highest BCUT2D eigenvalue weighted by atomic mass is 79.9. The van der Waals surface area contributed by atoms with Gasteiger partial charge in [-0.15, -0.1) is 0 Å². The maximum absolute atomic E-state index is 4.39. The predicted octanol–water partition coefficient (Wildman–Crippen LogP) is 4.23. The van der Waals surface area contributed by atoms with Crippen molar-refractivity contribution in [2.45, 2.75) is 13.3 Å². The van der Waals surface area contributed by atoms with E-state index in [1.54, 1.807) is 0 Å². The first-order valence-corrected chi connectivity index (χ1v) is 6.57. The van der Waals surface area contributed by atoms with Crippen molar-refractivity contribution >= 4 is 31.9 Å². The summed E-state index contributed by atoms with van der Waals surface area (Å²) >= 11 is 6.75. The molecule has 0 amide bonds. The van der Waals surface area contributed by atoms with Crippen molar-refractivity contribution in [1.82, 2.24) is 9.97 Å². The summed E-state index contributed by atoms with van der Waals surface area (Å²) in [5.41, 5.74) is 2.35. The van der Waals surface area contributed by atoms with E-state index in [-0.39, 0.29) is 0 Å². The average Bonchev–Trinajstić information content (AvgIpc) is 2.27. The standard InChI is InChI=1S/C12H10Br2N2/c1-2-8-5-3-4-6-9(8)12-15-10(13)7-11(14)16-12/h3-7H,2H2,1H3. The Morgan fingerprint density at radius 2 is 1.69 bits per heavy atom. The van der Waals surface area contributed by atoms with E-state index in [1.807, 2.05) is 24.3 Å². The van der Waals surface area contributed by atoms with Gasteiger partial charge in [0.25, 0.3) is 0 Å². The zero-order chi connectivity index (χ0) is 11.5. The van der Waals surface area contributed by atoms with Crippen molar-refractivity contribution in [3.8, 4) is 11.4 Å². The molecule has 0 N–H and O–H groups in total. The van der Waals surface area contributed by atoms with Crippen LogP contribution < -0.4 is 0 Å². The van der Waals surface area contributed by atoms with Crippen LogP contribution in [0, 0.1) is 0 Å². The van der Waals surface area contributed by atoms with Gasteiger partial charge >= 0.3 is 0 Å². The number of nitrogens with zero attached hydrogens (tertiary/aromatic N) is 2. The number of hydrogen-bond donors (Lipinski definition) is 0. The van der Waals surface area contributed by atoms with E-state index < -0.39 is 0 Å². The summed E-state index contributed by atoms with van der Waals surface area (Å²) in [7, 11) is 0. The third kappa shape index (κ3) is 2.50. The number of aryl methyl sites for hydroxylation is 1. The minimum Gasteiger partial charge on any atom is -0.221 e. The van der Waals surface area contributed by atoms with Crippen molar-refractivity contribution in [2.75, 3.05) is 0 Å². The van der Waals surface area contributed by atoms with E-state index in [1.165, 1.54) is 5.56 Å². The van der Waals surface area contributed by atoms with Gasteiger partial charge in [0.1, 0.15) is 9.21 Å². The Balaban J connectivity index is 2.58. The fourth-order valence-corrected chi connectivity index (χ4v) is 2.63. The number of hydrogen-bond acceptors (Lipinski definition) is 2. The molecule has 0 spiro atoms. The first-order valence-electron chi connectivity index (χ1n) is 4.99. The van der Waals surface area contributed by atoms with Crippen LogP contribution in [0.5, 0.6) is 0 Å². The van der Waals surface area contributed by atoms with E-state index in [0.717, 1.165) is 27.0 Å². The molecule has 0 aliphatic heterocycles. The van der Waals surface area contributed by atoms with Gasteiger partial charge in [-0.1, -0.05) is 31.2 Å². The van der Waals surface area contributed by atoms with E-state index in [4.69, 9.17) is 0 Å². The second-order valence-electron chi connectivity index (χ2n) is 3.35. The van der Waals surface area contributed by atoms with E-state index in [2.05, 4.69) is 54.8 Å². The Hall–Kier alpha value is -0.740. The second-order valence-corrected chi connectivity index (χ2v) is 4.97. The zero-order valence-corrected chi connectivity index (χ0v) is 11.9.